The molecule has 1 aliphatic heterocycles. The van der Waals surface area contributed by atoms with Crippen LogP contribution in [0.3, 0.4) is 0 Å². The van der Waals surface area contributed by atoms with Crippen molar-refractivity contribution in [2.75, 3.05) is 0 Å². The van der Waals surface area contributed by atoms with E-state index in [1.54, 1.807) is 6.20 Å². The van der Waals surface area contributed by atoms with Crippen molar-refractivity contribution in [3.05, 3.63) is 28.5 Å². The van der Waals surface area contributed by atoms with E-state index >= 15 is 0 Å². The molecular formula is C13H19BrN2O. The Balaban J connectivity index is 2.05. The van der Waals surface area contributed by atoms with Crippen LogP contribution in [0.25, 0.3) is 0 Å². The fourth-order valence-electron chi connectivity index (χ4n) is 2.46. The molecule has 0 amide bonds. The predicted octanol–water partition coefficient (Wildman–Crippen LogP) is 2.58. The Hall–Kier alpha value is -0.450. The molecule has 0 saturated carbocycles. The molecule has 3 unspecified atom stereocenters. The van der Waals surface area contributed by atoms with Gasteiger partial charge in [0.25, 0.3) is 0 Å². The van der Waals surface area contributed by atoms with Crippen molar-refractivity contribution in [2.45, 2.75) is 50.8 Å². The van der Waals surface area contributed by atoms with Crippen LogP contribution in [-0.2, 0) is 5.60 Å². The van der Waals surface area contributed by atoms with Gasteiger partial charge in [-0.3, -0.25) is 4.98 Å². The summed E-state index contributed by atoms with van der Waals surface area (Å²) in [4.78, 5) is 4.29. The lowest BCUT2D eigenvalue weighted by Crippen LogP contribution is -2.35. The van der Waals surface area contributed by atoms with Gasteiger partial charge in [0.2, 0.25) is 0 Å². The van der Waals surface area contributed by atoms with E-state index in [-0.39, 0.29) is 0 Å². The first-order chi connectivity index (χ1) is 7.97. The maximum atomic E-state index is 10.5. The SMILES string of the molecule is CC1CCC(CC(C)(O)c2ccc(Br)cn2)N1. The van der Waals surface area contributed by atoms with Gasteiger partial charge in [0.05, 0.1) is 5.69 Å². The van der Waals surface area contributed by atoms with E-state index in [1.807, 2.05) is 19.1 Å². The number of hydrogen-bond donors (Lipinski definition) is 2. The van der Waals surface area contributed by atoms with Gasteiger partial charge in [-0.25, -0.2) is 0 Å². The zero-order valence-corrected chi connectivity index (χ0v) is 11.9. The molecule has 1 saturated heterocycles. The molecule has 17 heavy (non-hydrogen) atoms. The van der Waals surface area contributed by atoms with Gasteiger partial charge in [0.15, 0.2) is 0 Å². The van der Waals surface area contributed by atoms with Gasteiger partial charge >= 0.3 is 0 Å². The second kappa shape index (κ2) is 5.04. The number of nitrogens with one attached hydrogen (secondary N) is 1. The summed E-state index contributed by atoms with van der Waals surface area (Å²) in [5, 5.41) is 14.0. The van der Waals surface area contributed by atoms with Crippen LogP contribution in [0.4, 0.5) is 0 Å². The van der Waals surface area contributed by atoms with Gasteiger partial charge in [-0.1, -0.05) is 0 Å². The van der Waals surface area contributed by atoms with Crippen LogP contribution in [0.15, 0.2) is 22.8 Å². The molecule has 3 nitrogen and oxygen atoms in total. The highest BCUT2D eigenvalue weighted by Gasteiger charge is 2.31. The fourth-order valence-corrected chi connectivity index (χ4v) is 2.69. The maximum Gasteiger partial charge on any atom is 0.105 e. The maximum absolute atomic E-state index is 10.5. The average molecular weight is 299 g/mol. The van der Waals surface area contributed by atoms with Gasteiger partial charge in [-0.15, -0.1) is 0 Å². The molecule has 2 heterocycles. The van der Waals surface area contributed by atoms with Gasteiger partial charge in [-0.2, -0.15) is 0 Å². The summed E-state index contributed by atoms with van der Waals surface area (Å²) >= 11 is 3.35. The summed E-state index contributed by atoms with van der Waals surface area (Å²) in [6, 6.07) is 4.75. The van der Waals surface area contributed by atoms with Crippen LogP contribution >= 0.6 is 15.9 Å². The second-order valence-corrected chi connectivity index (χ2v) is 6.10. The van der Waals surface area contributed by atoms with Crippen molar-refractivity contribution in [3.8, 4) is 0 Å². The standard InChI is InChI=1S/C13H19BrN2O/c1-9-3-5-11(16-9)7-13(2,17)12-6-4-10(14)8-15-12/h4,6,8-9,11,16-17H,3,5,7H2,1-2H3. The third kappa shape index (κ3) is 3.27. The van der Waals surface area contributed by atoms with E-state index < -0.39 is 5.60 Å². The van der Waals surface area contributed by atoms with E-state index in [0.29, 0.717) is 18.5 Å². The number of nitrogens with zero attached hydrogens (tertiary/aromatic N) is 1. The van der Waals surface area contributed by atoms with Crippen molar-refractivity contribution in [1.29, 1.82) is 0 Å². The van der Waals surface area contributed by atoms with E-state index in [2.05, 4.69) is 33.2 Å². The van der Waals surface area contributed by atoms with Crippen LogP contribution in [0, 0.1) is 0 Å². The van der Waals surface area contributed by atoms with Crippen molar-refractivity contribution in [2.24, 2.45) is 0 Å². The summed E-state index contributed by atoms with van der Waals surface area (Å²) in [6.07, 6.45) is 4.77. The Morgan fingerprint density at radius 3 is 2.82 bits per heavy atom. The Bertz CT molecular complexity index is 378. The molecule has 0 aliphatic carbocycles. The highest BCUT2D eigenvalue weighted by atomic mass is 79.9. The summed E-state index contributed by atoms with van der Waals surface area (Å²) in [6.45, 7) is 4.03. The molecule has 1 aromatic rings. The van der Waals surface area contributed by atoms with E-state index in [1.165, 1.54) is 6.42 Å². The second-order valence-electron chi connectivity index (χ2n) is 5.18. The fraction of sp³-hybridized carbons (Fsp3) is 0.615. The Kier molecular flexibility index (Phi) is 3.85. The minimum Gasteiger partial charge on any atom is -0.384 e. The molecule has 1 fully saturated rings. The molecule has 0 bridgehead atoms. The van der Waals surface area contributed by atoms with Crippen LogP contribution < -0.4 is 5.32 Å². The lowest BCUT2D eigenvalue weighted by Gasteiger charge is -2.26. The molecule has 1 aromatic heterocycles. The van der Waals surface area contributed by atoms with Gasteiger partial charge in [-0.05, 0) is 61.2 Å². The van der Waals surface area contributed by atoms with Crippen molar-refractivity contribution in [1.82, 2.24) is 10.3 Å². The normalized spacial score (nSPS) is 28.0. The molecule has 2 rings (SSSR count). The highest BCUT2D eigenvalue weighted by molar-refractivity contribution is 9.10. The number of pyridine rings is 1. The van der Waals surface area contributed by atoms with Gasteiger partial charge < -0.3 is 10.4 Å². The first kappa shape index (κ1) is 13.0. The van der Waals surface area contributed by atoms with Gasteiger partial charge in [0, 0.05) is 22.8 Å². The average Bonchev–Trinajstić information content (AvgIpc) is 2.63. The highest BCUT2D eigenvalue weighted by Crippen LogP contribution is 2.28. The minimum absolute atomic E-state index is 0.394. The summed E-state index contributed by atoms with van der Waals surface area (Å²) < 4.78 is 0.935. The summed E-state index contributed by atoms with van der Waals surface area (Å²) in [7, 11) is 0. The van der Waals surface area contributed by atoms with Crippen molar-refractivity contribution >= 4 is 15.9 Å². The Labute approximate surface area is 111 Å². The van der Waals surface area contributed by atoms with Crippen LogP contribution in [0.2, 0.25) is 0 Å². The third-order valence-electron chi connectivity index (χ3n) is 3.39. The summed E-state index contributed by atoms with van der Waals surface area (Å²) in [5.74, 6) is 0. The van der Waals surface area contributed by atoms with Crippen LogP contribution in [-0.4, -0.2) is 22.2 Å². The van der Waals surface area contributed by atoms with E-state index in [4.69, 9.17) is 0 Å². The zero-order valence-electron chi connectivity index (χ0n) is 10.3. The number of hydrogen-bond acceptors (Lipinski definition) is 3. The summed E-state index contributed by atoms with van der Waals surface area (Å²) in [5.41, 5.74) is -0.121. The first-order valence-electron chi connectivity index (χ1n) is 6.08. The number of rotatable bonds is 3. The van der Waals surface area contributed by atoms with Crippen molar-refractivity contribution < 1.29 is 5.11 Å². The molecule has 1 aliphatic rings. The smallest absolute Gasteiger partial charge is 0.105 e. The van der Waals surface area contributed by atoms with Gasteiger partial charge in [0.1, 0.15) is 5.60 Å². The molecule has 0 radical (unpaired) electrons. The number of halogens is 1. The van der Waals surface area contributed by atoms with Crippen molar-refractivity contribution in [3.63, 3.8) is 0 Å². The monoisotopic (exact) mass is 298 g/mol. The molecular weight excluding hydrogens is 280 g/mol. The number of aromatic nitrogens is 1. The van der Waals surface area contributed by atoms with E-state index in [0.717, 1.165) is 16.6 Å². The predicted molar refractivity (Wildman–Crippen MR) is 71.7 cm³/mol. The van der Waals surface area contributed by atoms with E-state index in [9.17, 15) is 5.11 Å². The lowest BCUT2D eigenvalue weighted by atomic mass is 9.92. The van der Waals surface area contributed by atoms with Crippen LogP contribution in [0.1, 0.15) is 38.8 Å². The topological polar surface area (TPSA) is 45.2 Å². The first-order valence-corrected chi connectivity index (χ1v) is 6.87. The van der Waals surface area contributed by atoms with Crippen LogP contribution in [0.5, 0.6) is 0 Å². The molecule has 2 N–H and O–H groups in total. The molecule has 4 heteroatoms. The molecule has 0 aromatic carbocycles. The number of aliphatic hydroxyl groups is 1. The molecule has 3 atom stereocenters. The minimum atomic E-state index is -0.859. The third-order valence-corrected chi connectivity index (χ3v) is 3.86. The Morgan fingerprint density at radius 2 is 2.29 bits per heavy atom. The lowest BCUT2D eigenvalue weighted by molar-refractivity contribution is 0.0338. The quantitative estimate of drug-likeness (QED) is 0.901. The Morgan fingerprint density at radius 1 is 1.53 bits per heavy atom. The largest absolute Gasteiger partial charge is 0.384 e. The molecule has 0 spiro atoms. The zero-order chi connectivity index (χ0) is 12.5. The molecule has 94 valence electrons.